The fourth-order valence-electron chi connectivity index (χ4n) is 3.27. The Bertz CT molecular complexity index is 469. The Morgan fingerprint density at radius 2 is 2.10 bits per heavy atom. The van der Waals surface area contributed by atoms with Crippen LogP contribution in [-0.4, -0.2) is 24.9 Å². The fourth-order valence-corrected chi connectivity index (χ4v) is 3.27. The number of hydrogen-bond acceptors (Lipinski definition) is 3. The van der Waals surface area contributed by atoms with E-state index in [0.717, 1.165) is 24.8 Å². The summed E-state index contributed by atoms with van der Waals surface area (Å²) in [5, 5.41) is 3.49. The molecule has 3 rings (SSSR count). The number of nitrogens with one attached hydrogen (secondary N) is 1. The molecule has 1 N–H and O–H groups in total. The van der Waals surface area contributed by atoms with Crippen LogP contribution in [0.25, 0.3) is 0 Å². The maximum Gasteiger partial charge on any atom is 0.387 e. The van der Waals surface area contributed by atoms with Gasteiger partial charge in [0.2, 0.25) is 0 Å². The summed E-state index contributed by atoms with van der Waals surface area (Å²) in [7, 11) is 0. The van der Waals surface area contributed by atoms with Crippen molar-refractivity contribution in [3.63, 3.8) is 0 Å². The highest BCUT2D eigenvalue weighted by molar-refractivity contribution is 5.35. The number of fused-ring (bicyclic) bond motifs is 2. The van der Waals surface area contributed by atoms with Crippen LogP contribution in [0.4, 0.5) is 8.78 Å². The number of benzene rings is 1. The predicted molar refractivity (Wildman–Crippen MR) is 70.9 cm³/mol. The number of para-hydroxylation sites is 1. The zero-order chi connectivity index (χ0) is 14.1. The lowest BCUT2D eigenvalue weighted by Gasteiger charge is -2.26. The number of halogens is 2. The molecule has 2 fully saturated rings. The van der Waals surface area contributed by atoms with Gasteiger partial charge in [0.05, 0.1) is 12.2 Å². The quantitative estimate of drug-likeness (QED) is 0.899. The van der Waals surface area contributed by atoms with Crippen molar-refractivity contribution in [2.75, 3.05) is 0 Å². The molecule has 2 aliphatic rings. The first kappa shape index (κ1) is 13.8. The Morgan fingerprint density at radius 3 is 2.75 bits per heavy atom. The summed E-state index contributed by atoms with van der Waals surface area (Å²) in [6.45, 7) is -0.825. The molecule has 0 spiro atoms. The van der Waals surface area contributed by atoms with Crippen LogP contribution in [0.5, 0.6) is 5.75 Å². The van der Waals surface area contributed by atoms with Crippen molar-refractivity contribution in [3.8, 4) is 5.75 Å². The van der Waals surface area contributed by atoms with Gasteiger partial charge in [0.15, 0.2) is 0 Å². The van der Waals surface area contributed by atoms with Gasteiger partial charge in [-0.05, 0) is 32.3 Å². The van der Waals surface area contributed by atoms with Crippen LogP contribution >= 0.6 is 0 Å². The lowest BCUT2D eigenvalue weighted by molar-refractivity contribution is -0.0507. The molecule has 1 aromatic rings. The second-order valence-electron chi connectivity index (χ2n) is 5.52. The Labute approximate surface area is 117 Å². The van der Waals surface area contributed by atoms with E-state index in [-0.39, 0.29) is 17.9 Å². The molecule has 20 heavy (non-hydrogen) atoms. The lowest BCUT2D eigenvalue weighted by Crippen LogP contribution is -2.39. The first-order valence-electron chi connectivity index (χ1n) is 7.08. The molecule has 0 amide bonds. The van der Waals surface area contributed by atoms with Gasteiger partial charge in [0.25, 0.3) is 0 Å². The van der Waals surface area contributed by atoms with Crippen molar-refractivity contribution in [3.05, 3.63) is 29.8 Å². The Kier molecular flexibility index (Phi) is 3.89. The van der Waals surface area contributed by atoms with Gasteiger partial charge < -0.3 is 14.8 Å². The summed E-state index contributed by atoms with van der Waals surface area (Å²) >= 11 is 0. The van der Waals surface area contributed by atoms with Gasteiger partial charge in [-0.1, -0.05) is 18.2 Å². The van der Waals surface area contributed by atoms with Gasteiger partial charge in [-0.3, -0.25) is 0 Å². The second-order valence-corrected chi connectivity index (χ2v) is 5.52. The Balaban J connectivity index is 1.69. The predicted octanol–water partition coefficient (Wildman–Crippen LogP) is 3.26. The molecule has 1 aromatic carbocycles. The standard InChI is InChI=1S/C15H19F2NO2/c1-9(18-12-8-10-6-7-14(12)19-10)11-4-2-3-5-13(11)20-15(16)17/h2-5,9-10,12,14-15,18H,6-8H2,1H3. The van der Waals surface area contributed by atoms with Crippen LogP contribution in [0.15, 0.2) is 24.3 Å². The summed E-state index contributed by atoms with van der Waals surface area (Å²) in [4.78, 5) is 0. The van der Waals surface area contributed by atoms with Gasteiger partial charge in [0.1, 0.15) is 5.75 Å². The Morgan fingerprint density at radius 1 is 1.30 bits per heavy atom. The molecule has 3 nitrogen and oxygen atoms in total. The average Bonchev–Trinajstić information content (AvgIpc) is 3.00. The molecule has 0 aliphatic carbocycles. The lowest BCUT2D eigenvalue weighted by atomic mass is 9.94. The van der Waals surface area contributed by atoms with E-state index in [9.17, 15) is 8.78 Å². The molecule has 4 unspecified atom stereocenters. The highest BCUT2D eigenvalue weighted by Crippen LogP contribution is 2.36. The third-order valence-corrected chi connectivity index (χ3v) is 4.17. The van der Waals surface area contributed by atoms with Crippen molar-refractivity contribution < 1.29 is 18.3 Å². The highest BCUT2D eigenvalue weighted by Gasteiger charge is 2.41. The van der Waals surface area contributed by atoms with Crippen molar-refractivity contribution in [2.24, 2.45) is 0 Å². The van der Waals surface area contributed by atoms with E-state index < -0.39 is 6.61 Å². The smallest absolute Gasteiger partial charge is 0.387 e. The van der Waals surface area contributed by atoms with E-state index >= 15 is 0 Å². The van der Waals surface area contributed by atoms with Gasteiger partial charge in [0, 0.05) is 17.6 Å². The van der Waals surface area contributed by atoms with Crippen LogP contribution < -0.4 is 10.1 Å². The molecule has 110 valence electrons. The average molecular weight is 283 g/mol. The zero-order valence-electron chi connectivity index (χ0n) is 11.4. The fraction of sp³-hybridized carbons (Fsp3) is 0.600. The molecule has 2 bridgehead atoms. The van der Waals surface area contributed by atoms with Crippen molar-refractivity contribution in [1.82, 2.24) is 5.32 Å². The first-order chi connectivity index (χ1) is 9.63. The van der Waals surface area contributed by atoms with Crippen LogP contribution in [0.3, 0.4) is 0 Å². The van der Waals surface area contributed by atoms with E-state index in [2.05, 4.69) is 10.1 Å². The Hall–Kier alpha value is -1.20. The van der Waals surface area contributed by atoms with E-state index in [1.54, 1.807) is 12.1 Å². The summed E-state index contributed by atoms with van der Waals surface area (Å²) in [5.41, 5.74) is 0.760. The van der Waals surface area contributed by atoms with Gasteiger partial charge in [-0.2, -0.15) is 8.78 Å². The number of ether oxygens (including phenoxy) is 2. The monoisotopic (exact) mass is 283 g/mol. The summed E-state index contributed by atoms with van der Waals surface area (Å²) in [6, 6.07) is 7.21. The van der Waals surface area contributed by atoms with Crippen LogP contribution in [0.2, 0.25) is 0 Å². The van der Waals surface area contributed by atoms with E-state index in [4.69, 9.17) is 4.74 Å². The largest absolute Gasteiger partial charge is 0.434 e. The van der Waals surface area contributed by atoms with Crippen molar-refractivity contribution >= 4 is 0 Å². The molecule has 0 aromatic heterocycles. The molecule has 5 heteroatoms. The minimum absolute atomic E-state index is 0.0436. The van der Waals surface area contributed by atoms with E-state index in [1.807, 2.05) is 19.1 Å². The molecular formula is C15H19F2NO2. The van der Waals surface area contributed by atoms with Crippen molar-refractivity contribution in [2.45, 2.75) is 57.1 Å². The third-order valence-electron chi connectivity index (χ3n) is 4.17. The molecule has 2 aliphatic heterocycles. The molecule has 0 radical (unpaired) electrons. The number of hydrogen-bond donors (Lipinski definition) is 1. The SMILES string of the molecule is CC(NC1CC2CCC1O2)c1ccccc1OC(F)F. The third kappa shape index (κ3) is 2.79. The molecule has 2 heterocycles. The minimum Gasteiger partial charge on any atom is -0.434 e. The van der Waals surface area contributed by atoms with Gasteiger partial charge in [-0.25, -0.2) is 0 Å². The molecule has 4 atom stereocenters. The summed E-state index contributed by atoms with van der Waals surface area (Å²) in [6.07, 6.45) is 3.88. The summed E-state index contributed by atoms with van der Waals surface area (Å²) < 4.78 is 35.2. The van der Waals surface area contributed by atoms with Crippen molar-refractivity contribution in [1.29, 1.82) is 0 Å². The van der Waals surface area contributed by atoms with Gasteiger partial charge in [-0.15, -0.1) is 0 Å². The molecule has 2 saturated heterocycles. The first-order valence-corrected chi connectivity index (χ1v) is 7.08. The highest BCUT2D eigenvalue weighted by atomic mass is 19.3. The minimum atomic E-state index is -2.80. The van der Waals surface area contributed by atoms with E-state index in [1.165, 1.54) is 0 Å². The number of rotatable bonds is 5. The molecular weight excluding hydrogens is 264 g/mol. The topological polar surface area (TPSA) is 30.5 Å². The maximum absolute atomic E-state index is 12.4. The number of alkyl halides is 2. The summed E-state index contributed by atoms with van der Waals surface area (Å²) in [5.74, 6) is 0.242. The van der Waals surface area contributed by atoms with Crippen LogP contribution in [0.1, 0.15) is 37.8 Å². The van der Waals surface area contributed by atoms with Crippen LogP contribution in [-0.2, 0) is 4.74 Å². The normalized spacial score (nSPS) is 29.9. The maximum atomic E-state index is 12.4. The van der Waals surface area contributed by atoms with E-state index in [0.29, 0.717) is 12.1 Å². The van der Waals surface area contributed by atoms with Crippen LogP contribution in [0, 0.1) is 0 Å². The second kappa shape index (κ2) is 5.66. The van der Waals surface area contributed by atoms with Gasteiger partial charge >= 0.3 is 6.61 Å². The molecule has 0 saturated carbocycles. The zero-order valence-corrected chi connectivity index (χ0v) is 11.4.